The zero-order valence-corrected chi connectivity index (χ0v) is 10.1. The van der Waals surface area contributed by atoms with E-state index in [1.807, 2.05) is 6.92 Å². The fraction of sp³-hybridized carbons (Fsp3) is 0.333. The van der Waals surface area contributed by atoms with Gasteiger partial charge in [0, 0.05) is 23.9 Å². The number of halogens is 1. The lowest BCUT2D eigenvalue weighted by Gasteiger charge is -2.07. The SMILES string of the molecule is Cc1c(Cl)nc(C2CC2)nc1-c1cnccn1. The Kier molecular flexibility index (Phi) is 2.52. The van der Waals surface area contributed by atoms with Crippen LogP contribution < -0.4 is 0 Å². The highest BCUT2D eigenvalue weighted by atomic mass is 35.5. The number of hydrogen-bond donors (Lipinski definition) is 0. The van der Waals surface area contributed by atoms with E-state index in [4.69, 9.17) is 11.6 Å². The van der Waals surface area contributed by atoms with Crippen LogP contribution in [0.1, 0.15) is 30.1 Å². The summed E-state index contributed by atoms with van der Waals surface area (Å²) < 4.78 is 0. The molecule has 1 saturated carbocycles. The van der Waals surface area contributed by atoms with Crippen molar-refractivity contribution in [2.75, 3.05) is 0 Å². The Balaban J connectivity index is 2.14. The van der Waals surface area contributed by atoms with Crippen LogP contribution >= 0.6 is 11.6 Å². The standard InChI is InChI=1S/C12H11ClN4/c1-7-10(9-6-14-4-5-15-9)16-12(8-2-3-8)17-11(7)13/h4-6,8H,2-3H2,1H3. The first kappa shape index (κ1) is 10.6. The lowest BCUT2D eigenvalue weighted by atomic mass is 10.2. The molecule has 1 fully saturated rings. The van der Waals surface area contributed by atoms with Crippen LogP contribution in [0.5, 0.6) is 0 Å². The molecule has 0 saturated heterocycles. The third kappa shape index (κ3) is 2.00. The summed E-state index contributed by atoms with van der Waals surface area (Å²) in [6.45, 7) is 1.91. The number of rotatable bonds is 2. The first-order chi connectivity index (χ1) is 8.25. The molecule has 3 rings (SSSR count). The largest absolute Gasteiger partial charge is 0.261 e. The molecule has 0 amide bonds. The highest BCUT2D eigenvalue weighted by molar-refractivity contribution is 6.30. The molecule has 2 heterocycles. The maximum Gasteiger partial charge on any atom is 0.136 e. The molecule has 5 heteroatoms. The van der Waals surface area contributed by atoms with Gasteiger partial charge in [-0.05, 0) is 19.8 Å². The van der Waals surface area contributed by atoms with Gasteiger partial charge in [0.25, 0.3) is 0 Å². The Hall–Kier alpha value is -1.55. The lowest BCUT2D eigenvalue weighted by molar-refractivity contribution is 0.918. The minimum atomic E-state index is 0.475. The highest BCUT2D eigenvalue weighted by Crippen LogP contribution is 2.39. The second kappa shape index (κ2) is 4.04. The summed E-state index contributed by atoms with van der Waals surface area (Å²) in [5.74, 6) is 1.31. The van der Waals surface area contributed by atoms with E-state index >= 15 is 0 Å². The van der Waals surface area contributed by atoms with Gasteiger partial charge in [-0.25, -0.2) is 9.97 Å². The molecule has 0 unspecified atom stereocenters. The second-order valence-corrected chi connectivity index (χ2v) is 4.57. The van der Waals surface area contributed by atoms with Crippen LogP contribution in [-0.2, 0) is 0 Å². The molecule has 0 aromatic carbocycles. The lowest BCUT2D eigenvalue weighted by Crippen LogP contribution is -2.00. The van der Waals surface area contributed by atoms with Gasteiger partial charge in [-0.2, -0.15) is 0 Å². The van der Waals surface area contributed by atoms with Gasteiger partial charge in [-0.3, -0.25) is 9.97 Å². The van der Waals surface area contributed by atoms with Crippen molar-refractivity contribution in [2.24, 2.45) is 0 Å². The number of hydrogen-bond acceptors (Lipinski definition) is 4. The fourth-order valence-corrected chi connectivity index (χ4v) is 1.88. The minimum absolute atomic E-state index is 0.475. The molecule has 2 aromatic rings. The molecule has 2 aromatic heterocycles. The predicted molar refractivity (Wildman–Crippen MR) is 64.8 cm³/mol. The van der Waals surface area contributed by atoms with E-state index in [2.05, 4.69) is 19.9 Å². The summed E-state index contributed by atoms with van der Waals surface area (Å²) in [6, 6.07) is 0. The van der Waals surface area contributed by atoms with Crippen molar-refractivity contribution >= 4 is 11.6 Å². The monoisotopic (exact) mass is 246 g/mol. The van der Waals surface area contributed by atoms with E-state index in [1.54, 1.807) is 18.6 Å². The zero-order valence-electron chi connectivity index (χ0n) is 9.39. The fourth-order valence-electron chi connectivity index (χ4n) is 1.70. The quantitative estimate of drug-likeness (QED) is 0.765. The zero-order chi connectivity index (χ0) is 11.8. The number of aromatic nitrogens is 4. The molecule has 0 spiro atoms. The predicted octanol–water partition coefficient (Wildman–Crippen LogP) is 2.77. The van der Waals surface area contributed by atoms with Crippen LogP contribution in [-0.4, -0.2) is 19.9 Å². The van der Waals surface area contributed by atoms with Crippen molar-refractivity contribution < 1.29 is 0 Å². The van der Waals surface area contributed by atoms with E-state index in [1.165, 1.54) is 0 Å². The topological polar surface area (TPSA) is 51.6 Å². The average molecular weight is 247 g/mol. The summed E-state index contributed by atoms with van der Waals surface area (Å²) in [5.41, 5.74) is 2.40. The van der Waals surface area contributed by atoms with E-state index in [-0.39, 0.29) is 0 Å². The second-order valence-electron chi connectivity index (χ2n) is 4.21. The first-order valence-electron chi connectivity index (χ1n) is 5.56. The van der Waals surface area contributed by atoms with Crippen molar-refractivity contribution in [3.05, 3.63) is 35.1 Å². The molecule has 0 atom stereocenters. The number of nitrogens with zero attached hydrogens (tertiary/aromatic N) is 4. The molecule has 86 valence electrons. The van der Waals surface area contributed by atoms with Gasteiger partial charge in [0.2, 0.25) is 0 Å². The van der Waals surface area contributed by atoms with Crippen molar-refractivity contribution in [1.82, 2.24) is 19.9 Å². The summed E-state index contributed by atoms with van der Waals surface area (Å²) in [6.07, 6.45) is 7.30. The van der Waals surface area contributed by atoms with Crippen LogP contribution in [0.25, 0.3) is 11.4 Å². The van der Waals surface area contributed by atoms with Gasteiger partial charge in [-0.1, -0.05) is 11.6 Å². The summed E-state index contributed by atoms with van der Waals surface area (Å²) >= 11 is 6.14. The van der Waals surface area contributed by atoms with Crippen LogP contribution in [0.4, 0.5) is 0 Å². The van der Waals surface area contributed by atoms with Gasteiger partial charge in [0.05, 0.1) is 11.9 Å². The third-order valence-electron chi connectivity index (χ3n) is 2.85. The molecule has 0 bridgehead atoms. The first-order valence-corrected chi connectivity index (χ1v) is 5.94. The molecule has 1 aliphatic rings. The Labute approximate surface area is 104 Å². The average Bonchev–Trinajstić information content (AvgIpc) is 3.18. The molecule has 0 aliphatic heterocycles. The van der Waals surface area contributed by atoms with Crippen LogP contribution in [0.2, 0.25) is 5.15 Å². The maximum atomic E-state index is 6.14. The van der Waals surface area contributed by atoms with Gasteiger partial charge < -0.3 is 0 Å². The van der Waals surface area contributed by atoms with Crippen molar-refractivity contribution in [3.8, 4) is 11.4 Å². The molecular formula is C12H11ClN4. The Morgan fingerprint density at radius 1 is 1.24 bits per heavy atom. The van der Waals surface area contributed by atoms with Gasteiger partial charge >= 0.3 is 0 Å². The van der Waals surface area contributed by atoms with Crippen LogP contribution in [0.3, 0.4) is 0 Å². The van der Waals surface area contributed by atoms with E-state index in [9.17, 15) is 0 Å². The van der Waals surface area contributed by atoms with E-state index in [0.29, 0.717) is 11.1 Å². The van der Waals surface area contributed by atoms with Crippen LogP contribution in [0, 0.1) is 6.92 Å². The highest BCUT2D eigenvalue weighted by Gasteiger charge is 2.28. The van der Waals surface area contributed by atoms with Crippen molar-refractivity contribution in [2.45, 2.75) is 25.7 Å². The summed E-state index contributed by atoms with van der Waals surface area (Å²) in [5, 5.41) is 0.516. The smallest absolute Gasteiger partial charge is 0.136 e. The van der Waals surface area contributed by atoms with E-state index in [0.717, 1.165) is 35.6 Å². The molecule has 0 radical (unpaired) electrons. The molecule has 0 N–H and O–H groups in total. The summed E-state index contributed by atoms with van der Waals surface area (Å²) in [4.78, 5) is 17.2. The van der Waals surface area contributed by atoms with Gasteiger partial charge in [-0.15, -0.1) is 0 Å². The van der Waals surface area contributed by atoms with Crippen LogP contribution in [0.15, 0.2) is 18.6 Å². The van der Waals surface area contributed by atoms with E-state index < -0.39 is 0 Å². The molecule has 4 nitrogen and oxygen atoms in total. The Bertz CT molecular complexity index is 552. The normalized spacial score (nSPS) is 14.9. The third-order valence-corrected chi connectivity index (χ3v) is 3.22. The minimum Gasteiger partial charge on any atom is -0.261 e. The Morgan fingerprint density at radius 3 is 2.71 bits per heavy atom. The molecule has 1 aliphatic carbocycles. The summed E-state index contributed by atoms with van der Waals surface area (Å²) in [7, 11) is 0. The van der Waals surface area contributed by atoms with Gasteiger partial charge in [0.15, 0.2) is 0 Å². The maximum absolute atomic E-state index is 6.14. The van der Waals surface area contributed by atoms with Crippen molar-refractivity contribution in [1.29, 1.82) is 0 Å². The molecule has 17 heavy (non-hydrogen) atoms. The van der Waals surface area contributed by atoms with Crippen molar-refractivity contribution in [3.63, 3.8) is 0 Å². The Morgan fingerprint density at radius 2 is 2.06 bits per heavy atom. The van der Waals surface area contributed by atoms with Gasteiger partial charge in [0.1, 0.15) is 16.7 Å². The molecular weight excluding hydrogens is 236 g/mol.